The number of rotatable bonds is 5. The van der Waals surface area contributed by atoms with Crippen molar-refractivity contribution in [3.8, 4) is 0 Å². The lowest BCUT2D eigenvalue weighted by molar-refractivity contribution is -0.149. The second-order valence-corrected chi connectivity index (χ2v) is 5.99. The number of aliphatic carboxylic acids is 1. The first-order valence-electron chi connectivity index (χ1n) is 7.16. The van der Waals surface area contributed by atoms with Gasteiger partial charge in [0, 0.05) is 6.54 Å². The van der Waals surface area contributed by atoms with Crippen molar-refractivity contribution in [1.29, 1.82) is 0 Å². The zero-order chi connectivity index (χ0) is 14.5. The van der Waals surface area contributed by atoms with Crippen LogP contribution in [0.5, 0.6) is 0 Å². The summed E-state index contributed by atoms with van der Waals surface area (Å²) in [6.45, 7) is 3.95. The predicted molar refractivity (Wildman–Crippen MR) is 73.6 cm³/mol. The van der Waals surface area contributed by atoms with E-state index >= 15 is 0 Å². The van der Waals surface area contributed by atoms with Gasteiger partial charge in [-0.3, -0.25) is 9.59 Å². The Morgan fingerprint density at radius 2 is 1.74 bits per heavy atom. The molecule has 0 aromatic heterocycles. The third-order valence-corrected chi connectivity index (χ3v) is 4.14. The highest BCUT2D eigenvalue weighted by atomic mass is 16.4. The maximum Gasteiger partial charge on any atom is 0.311 e. The van der Waals surface area contributed by atoms with Crippen molar-refractivity contribution in [1.82, 2.24) is 5.32 Å². The molecule has 1 fully saturated rings. The Kier molecular flexibility index (Phi) is 5.79. The minimum Gasteiger partial charge on any atom is -0.481 e. The van der Waals surface area contributed by atoms with Crippen LogP contribution in [-0.4, -0.2) is 29.6 Å². The normalized spacial score (nSPS) is 20.6. The summed E-state index contributed by atoms with van der Waals surface area (Å²) in [5.74, 6) is -0.998. The fraction of sp³-hybridized carbons (Fsp3) is 0.857. The van der Waals surface area contributed by atoms with Gasteiger partial charge in [-0.2, -0.15) is 0 Å². The molecule has 1 aliphatic rings. The first-order chi connectivity index (χ1) is 8.89. The Morgan fingerprint density at radius 3 is 2.16 bits per heavy atom. The van der Waals surface area contributed by atoms with Gasteiger partial charge in [0.05, 0.1) is 11.5 Å². The molecule has 0 unspecified atom stereocenters. The number of amides is 1. The highest BCUT2D eigenvalue weighted by molar-refractivity contribution is 5.83. The number of hydrogen-bond donors (Lipinski definition) is 3. The Hall–Kier alpha value is -1.10. The van der Waals surface area contributed by atoms with Gasteiger partial charge in [0.1, 0.15) is 0 Å². The molecule has 0 bridgehead atoms. The summed E-state index contributed by atoms with van der Waals surface area (Å²) in [4.78, 5) is 23.4. The molecule has 0 aliphatic heterocycles. The van der Waals surface area contributed by atoms with E-state index in [0.29, 0.717) is 12.8 Å². The van der Waals surface area contributed by atoms with Gasteiger partial charge in [0.2, 0.25) is 5.91 Å². The third kappa shape index (κ3) is 4.20. The van der Waals surface area contributed by atoms with Crippen LogP contribution < -0.4 is 11.1 Å². The average Bonchev–Trinajstić information content (AvgIpc) is 2.61. The van der Waals surface area contributed by atoms with Gasteiger partial charge in [0.15, 0.2) is 0 Å². The minimum absolute atomic E-state index is 0.0508. The van der Waals surface area contributed by atoms with E-state index in [9.17, 15) is 14.7 Å². The summed E-state index contributed by atoms with van der Waals surface area (Å²) >= 11 is 0. The molecule has 0 saturated heterocycles. The molecule has 0 aromatic rings. The first kappa shape index (κ1) is 16.0. The van der Waals surface area contributed by atoms with Crippen molar-refractivity contribution in [2.45, 2.75) is 58.4 Å². The van der Waals surface area contributed by atoms with Gasteiger partial charge < -0.3 is 16.2 Å². The highest BCUT2D eigenvalue weighted by Crippen LogP contribution is 2.34. The molecule has 1 amide bonds. The zero-order valence-corrected chi connectivity index (χ0v) is 11.9. The Labute approximate surface area is 114 Å². The van der Waals surface area contributed by atoms with E-state index in [1.807, 2.05) is 13.8 Å². The fourth-order valence-corrected chi connectivity index (χ4v) is 2.55. The lowest BCUT2D eigenvalue weighted by atomic mass is 9.80. The second-order valence-electron chi connectivity index (χ2n) is 5.99. The first-order valence-corrected chi connectivity index (χ1v) is 7.16. The lowest BCUT2D eigenvalue weighted by Gasteiger charge is -2.29. The highest BCUT2D eigenvalue weighted by Gasteiger charge is 2.39. The summed E-state index contributed by atoms with van der Waals surface area (Å²) < 4.78 is 0. The molecular weight excluding hydrogens is 244 g/mol. The molecule has 1 rings (SSSR count). The summed E-state index contributed by atoms with van der Waals surface area (Å²) in [5, 5.41) is 12.2. The molecule has 5 nitrogen and oxygen atoms in total. The zero-order valence-electron chi connectivity index (χ0n) is 11.9. The SMILES string of the molecule is CC(C)[C@H](N)C(=O)NCC1(C(=O)O)CCCCCC1. The van der Waals surface area contributed by atoms with Crippen LogP contribution in [0.15, 0.2) is 0 Å². The maximum absolute atomic E-state index is 11.8. The number of hydrogen-bond acceptors (Lipinski definition) is 3. The molecule has 0 heterocycles. The average molecular weight is 270 g/mol. The van der Waals surface area contributed by atoms with Gasteiger partial charge >= 0.3 is 5.97 Å². The summed E-state index contributed by atoms with van der Waals surface area (Å²) in [7, 11) is 0. The van der Waals surface area contributed by atoms with Crippen LogP contribution in [0.1, 0.15) is 52.4 Å². The van der Waals surface area contributed by atoms with E-state index in [0.717, 1.165) is 25.7 Å². The Balaban J connectivity index is 2.64. The number of nitrogens with two attached hydrogens (primary N) is 1. The Bertz CT molecular complexity index is 321. The smallest absolute Gasteiger partial charge is 0.311 e. The summed E-state index contributed by atoms with van der Waals surface area (Å²) in [6, 6.07) is -0.573. The Morgan fingerprint density at radius 1 is 1.21 bits per heavy atom. The van der Waals surface area contributed by atoms with Gasteiger partial charge in [-0.25, -0.2) is 0 Å². The van der Waals surface area contributed by atoms with Crippen LogP contribution in [0.2, 0.25) is 0 Å². The van der Waals surface area contributed by atoms with Gasteiger partial charge in [0.25, 0.3) is 0 Å². The topological polar surface area (TPSA) is 92.4 Å². The van der Waals surface area contributed by atoms with Crippen molar-refractivity contribution < 1.29 is 14.7 Å². The summed E-state index contributed by atoms with van der Waals surface area (Å²) in [6.07, 6.45) is 5.26. The molecule has 1 atom stereocenters. The quantitative estimate of drug-likeness (QED) is 0.660. The molecule has 5 heteroatoms. The van der Waals surface area contributed by atoms with Crippen LogP contribution in [-0.2, 0) is 9.59 Å². The van der Waals surface area contributed by atoms with Crippen LogP contribution >= 0.6 is 0 Å². The molecule has 1 saturated carbocycles. The molecule has 0 aromatic carbocycles. The predicted octanol–water partition coefficient (Wildman–Crippen LogP) is 1.51. The molecule has 1 aliphatic carbocycles. The fourth-order valence-electron chi connectivity index (χ4n) is 2.55. The van der Waals surface area contributed by atoms with Crippen LogP contribution in [0, 0.1) is 11.3 Å². The number of carbonyl (C=O) groups is 2. The van der Waals surface area contributed by atoms with E-state index in [4.69, 9.17) is 5.73 Å². The van der Waals surface area contributed by atoms with Gasteiger partial charge in [-0.05, 0) is 18.8 Å². The summed E-state index contributed by atoms with van der Waals surface area (Å²) in [5.41, 5.74) is 4.96. The van der Waals surface area contributed by atoms with E-state index in [1.165, 1.54) is 0 Å². The van der Waals surface area contributed by atoms with Crippen molar-refractivity contribution in [2.75, 3.05) is 6.54 Å². The largest absolute Gasteiger partial charge is 0.481 e. The molecule has 0 radical (unpaired) electrons. The van der Waals surface area contributed by atoms with Gasteiger partial charge in [-0.15, -0.1) is 0 Å². The number of carboxylic acid groups (broad SMARTS) is 1. The van der Waals surface area contributed by atoms with Crippen molar-refractivity contribution >= 4 is 11.9 Å². The van der Waals surface area contributed by atoms with Crippen molar-refractivity contribution in [3.05, 3.63) is 0 Å². The molecular formula is C14H26N2O3. The van der Waals surface area contributed by atoms with E-state index in [1.54, 1.807) is 0 Å². The molecule has 19 heavy (non-hydrogen) atoms. The maximum atomic E-state index is 11.8. The lowest BCUT2D eigenvalue weighted by Crippen LogP contribution is -2.49. The van der Waals surface area contributed by atoms with Crippen molar-refractivity contribution in [3.63, 3.8) is 0 Å². The number of carboxylic acids is 1. The minimum atomic E-state index is -0.803. The monoisotopic (exact) mass is 270 g/mol. The van der Waals surface area contributed by atoms with Crippen LogP contribution in [0.25, 0.3) is 0 Å². The van der Waals surface area contributed by atoms with Crippen molar-refractivity contribution in [2.24, 2.45) is 17.1 Å². The molecule has 4 N–H and O–H groups in total. The van der Waals surface area contributed by atoms with Crippen LogP contribution in [0.4, 0.5) is 0 Å². The molecule has 0 spiro atoms. The standard InChI is InChI=1S/C14H26N2O3/c1-10(2)11(15)12(17)16-9-14(13(18)19)7-5-3-4-6-8-14/h10-11H,3-9,15H2,1-2H3,(H,16,17)(H,18,19)/t11-/m0/s1. The van der Waals surface area contributed by atoms with E-state index < -0.39 is 17.4 Å². The number of nitrogens with one attached hydrogen (secondary N) is 1. The van der Waals surface area contributed by atoms with Gasteiger partial charge in [-0.1, -0.05) is 39.5 Å². The van der Waals surface area contributed by atoms with E-state index in [2.05, 4.69) is 5.32 Å². The van der Waals surface area contributed by atoms with Crippen LogP contribution in [0.3, 0.4) is 0 Å². The number of carbonyl (C=O) groups excluding carboxylic acids is 1. The molecule has 110 valence electrons. The van der Waals surface area contributed by atoms with E-state index in [-0.39, 0.29) is 18.4 Å². The third-order valence-electron chi connectivity index (χ3n) is 4.14. The second kappa shape index (κ2) is 6.89.